The molecule has 8 N–H and O–H groups in total. The molecule has 3 unspecified atom stereocenters. The largest absolute Gasteiger partial charge is 0.481 e. The third kappa shape index (κ3) is 10.3. The van der Waals surface area contributed by atoms with Crippen LogP contribution < -0.4 is 21.7 Å². The standard InChI is InChI=1S/C18H28N6O7S/c1-32-5-4-12(17(30)21-8-15(27)28)23-18(31)13(6-10-7-20-9-22-10)24-16(29)11(19)2-3-14(25)26/h7,9,11-13H,2-6,8,19H2,1H3,(H,20,22)(H,21,30)(H,23,31)(H,24,29)(H,25,26)(H,27,28). The average molecular weight is 473 g/mol. The van der Waals surface area contributed by atoms with E-state index >= 15 is 0 Å². The summed E-state index contributed by atoms with van der Waals surface area (Å²) >= 11 is 1.44. The molecule has 0 spiro atoms. The number of H-pyrrole nitrogens is 1. The van der Waals surface area contributed by atoms with E-state index in [2.05, 4.69) is 25.9 Å². The molecule has 0 aliphatic heterocycles. The normalized spacial score (nSPS) is 13.4. The zero-order chi connectivity index (χ0) is 24.1. The third-order valence-electron chi connectivity index (χ3n) is 4.28. The predicted molar refractivity (Wildman–Crippen MR) is 115 cm³/mol. The molecule has 14 heteroatoms. The quantitative estimate of drug-likeness (QED) is 0.150. The summed E-state index contributed by atoms with van der Waals surface area (Å²) in [5.74, 6) is -3.89. The van der Waals surface area contributed by atoms with Gasteiger partial charge in [-0.3, -0.25) is 24.0 Å². The van der Waals surface area contributed by atoms with Gasteiger partial charge >= 0.3 is 11.9 Å². The first-order chi connectivity index (χ1) is 15.1. The highest BCUT2D eigenvalue weighted by molar-refractivity contribution is 7.98. The van der Waals surface area contributed by atoms with E-state index < -0.39 is 54.3 Å². The van der Waals surface area contributed by atoms with Gasteiger partial charge in [-0.15, -0.1) is 0 Å². The molecule has 178 valence electrons. The van der Waals surface area contributed by atoms with Crippen molar-refractivity contribution in [3.05, 3.63) is 18.2 Å². The van der Waals surface area contributed by atoms with Crippen molar-refractivity contribution in [1.29, 1.82) is 0 Å². The molecule has 1 aromatic heterocycles. The Morgan fingerprint density at radius 2 is 1.75 bits per heavy atom. The van der Waals surface area contributed by atoms with Crippen LogP contribution >= 0.6 is 11.8 Å². The Morgan fingerprint density at radius 3 is 2.31 bits per heavy atom. The van der Waals surface area contributed by atoms with Gasteiger partial charge in [0.25, 0.3) is 0 Å². The molecule has 0 saturated carbocycles. The minimum atomic E-state index is -1.23. The summed E-state index contributed by atoms with van der Waals surface area (Å²) in [6.45, 7) is -0.600. The van der Waals surface area contributed by atoms with Crippen LogP contribution in [0, 0.1) is 0 Å². The van der Waals surface area contributed by atoms with Crippen molar-refractivity contribution in [1.82, 2.24) is 25.9 Å². The van der Waals surface area contributed by atoms with E-state index in [4.69, 9.17) is 15.9 Å². The summed E-state index contributed by atoms with van der Waals surface area (Å²) in [7, 11) is 0. The van der Waals surface area contributed by atoms with Crippen molar-refractivity contribution in [3.63, 3.8) is 0 Å². The Kier molecular flexibility index (Phi) is 11.8. The van der Waals surface area contributed by atoms with E-state index in [0.29, 0.717) is 11.4 Å². The highest BCUT2D eigenvalue weighted by Crippen LogP contribution is 2.05. The molecule has 13 nitrogen and oxygen atoms in total. The number of aromatic amines is 1. The molecular weight excluding hydrogens is 444 g/mol. The van der Waals surface area contributed by atoms with Gasteiger partial charge in [-0.1, -0.05) is 0 Å². The minimum Gasteiger partial charge on any atom is -0.481 e. The second kappa shape index (κ2) is 14.0. The maximum absolute atomic E-state index is 12.9. The molecule has 1 rings (SSSR count). The first-order valence-corrected chi connectivity index (χ1v) is 11.1. The fourth-order valence-electron chi connectivity index (χ4n) is 2.58. The van der Waals surface area contributed by atoms with Crippen molar-refractivity contribution in [3.8, 4) is 0 Å². The van der Waals surface area contributed by atoms with Crippen LogP contribution in [0.3, 0.4) is 0 Å². The SMILES string of the molecule is CSCCC(NC(=O)C(Cc1cnc[nH]1)NC(=O)C(N)CCC(=O)O)C(=O)NCC(=O)O. The minimum absolute atomic E-state index is 0.00914. The lowest BCUT2D eigenvalue weighted by Crippen LogP contribution is -2.56. The molecular formula is C18H28N6O7S. The Hall–Kier alpha value is -3.13. The lowest BCUT2D eigenvalue weighted by Gasteiger charge is -2.23. The highest BCUT2D eigenvalue weighted by atomic mass is 32.2. The number of aromatic nitrogens is 2. The smallest absolute Gasteiger partial charge is 0.322 e. The van der Waals surface area contributed by atoms with Gasteiger partial charge in [0.2, 0.25) is 17.7 Å². The summed E-state index contributed by atoms with van der Waals surface area (Å²) in [4.78, 5) is 65.7. The molecule has 0 aliphatic carbocycles. The lowest BCUT2D eigenvalue weighted by atomic mass is 10.1. The maximum atomic E-state index is 12.9. The Morgan fingerprint density at radius 1 is 1.06 bits per heavy atom. The van der Waals surface area contributed by atoms with Crippen LogP contribution in [-0.4, -0.2) is 86.5 Å². The van der Waals surface area contributed by atoms with Crippen molar-refractivity contribution < 1.29 is 34.2 Å². The van der Waals surface area contributed by atoms with E-state index in [1.807, 2.05) is 6.26 Å². The highest BCUT2D eigenvalue weighted by Gasteiger charge is 2.28. The first kappa shape index (κ1) is 26.9. The molecule has 3 amide bonds. The average Bonchev–Trinajstić information content (AvgIpc) is 3.25. The maximum Gasteiger partial charge on any atom is 0.322 e. The van der Waals surface area contributed by atoms with Crippen LogP contribution in [0.2, 0.25) is 0 Å². The summed E-state index contributed by atoms with van der Waals surface area (Å²) in [6, 6.07) is -3.30. The van der Waals surface area contributed by atoms with Gasteiger partial charge in [0, 0.05) is 24.7 Å². The zero-order valence-electron chi connectivity index (χ0n) is 17.5. The molecule has 0 fully saturated rings. The number of imidazole rings is 1. The van der Waals surface area contributed by atoms with Crippen molar-refractivity contribution >= 4 is 41.4 Å². The number of hydrogen-bond acceptors (Lipinski definition) is 8. The topological polar surface area (TPSA) is 217 Å². The molecule has 0 bridgehead atoms. The van der Waals surface area contributed by atoms with E-state index in [-0.39, 0.29) is 25.7 Å². The van der Waals surface area contributed by atoms with Crippen LogP contribution in [-0.2, 0) is 30.4 Å². The first-order valence-electron chi connectivity index (χ1n) is 9.67. The molecule has 1 heterocycles. The van der Waals surface area contributed by atoms with Gasteiger partial charge in [-0.2, -0.15) is 11.8 Å². The van der Waals surface area contributed by atoms with Gasteiger partial charge in [0.15, 0.2) is 0 Å². The monoisotopic (exact) mass is 472 g/mol. The molecule has 0 radical (unpaired) electrons. The number of hydrogen-bond donors (Lipinski definition) is 7. The second-order valence-electron chi connectivity index (χ2n) is 6.84. The van der Waals surface area contributed by atoms with Gasteiger partial charge in [-0.05, 0) is 24.9 Å². The number of nitrogens with two attached hydrogens (primary N) is 1. The van der Waals surface area contributed by atoms with E-state index in [9.17, 15) is 24.0 Å². The van der Waals surface area contributed by atoms with Crippen LogP contribution in [0.25, 0.3) is 0 Å². The van der Waals surface area contributed by atoms with Gasteiger partial charge in [0.1, 0.15) is 18.6 Å². The van der Waals surface area contributed by atoms with Crippen molar-refractivity contribution in [2.24, 2.45) is 5.73 Å². The van der Waals surface area contributed by atoms with Crippen LogP contribution in [0.5, 0.6) is 0 Å². The molecule has 0 aliphatic rings. The number of nitrogens with zero attached hydrogens (tertiary/aromatic N) is 1. The van der Waals surface area contributed by atoms with E-state index in [1.54, 1.807) is 0 Å². The Labute approximate surface area is 188 Å². The van der Waals surface area contributed by atoms with Gasteiger partial charge < -0.3 is 36.9 Å². The number of aliphatic carboxylic acids is 2. The number of thioether (sulfide) groups is 1. The van der Waals surface area contributed by atoms with Crippen molar-refractivity contribution in [2.45, 2.75) is 43.8 Å². The number of amides is 3. The fraction of sp³-hybridized carbons (Fsp3) is 0.556. The van der Waals surface area contributed by atoms with E-state index in [1.165, 1.54) is 24.3 Å². The number of carbonyl (C=O) groups is 5. The Balaban J connectivity index is 2.91. The van der Waals surface area contributed by atoms with Crippen LogP contribution in [0.4, 0.5) is 0 Å². The number of nitrogens with one attached hydrogen (secondary N) is 4. The van der Waals surface area contributed by atoms with E-state index in [0.717, 1.165) is 0 Å². The van der Waals surface area contributed by atoms with Crippen LogP contribution in [0.1, 0.15) is 25.0 Å². The summed E-state index contributed by atoms with van der Waals surface area (Å²) < 4.78 is 0. The molecule has 1 aromatic rings. The van der Waals surface area contributed by atoms with Gasteiger partial charge in [-0.25, -0.2) is 4.98 Å². The van der Waals surface area contributed by atoms with Crippen LogP contribution in [0.15, 0.2) is 12.5 Å². The number of carboxylic acid groups (broad SMARTS) is 2. The summed E-state index contributed by atoms with van der Waals surface area (Å²) in [6.07, 6.45) is 4.48. The zero-order valence-corrected chi connectivity index (χ0v) is 18.3. The van der Waals surface area contributed by atoms with Crippen molar-refractivity contribution in [2.75, 3.05) is 18.6 Å². The summed E-state index contributed by atoms with van der Waals surface area (Å²) in [5, 5.41) is 24.7. The molecule has 32 heavy (non-hydrogen) atoms. The molecule has 0 saturated heterocycles. The second-order valence-corrected chi connectivity index (χ2v) is 7.82. The summed E-state index contributed by atoms with van der Waals surface area (Å²) in [5.41, 5.74) is 6.25. The van der Waals surface area contributed by atoms with Gasteiger partial charge in [0.05, 0.1) is 12.4 Å². The molecule has 0 aromatic carbocycles. The number of carboxylic acids is 2. The Bertz CT molecular complexity index is 789. The predicted octanol–water partition coefficient (Wildman–Crippen LogP) is -1.93. The number of carbonyl (C=O) groups excluding carboxylic acids is 3. The number of rotatable bonds is 15. The fourth-order valence-corrected chi connectivity index (χ4v) is 3.05. The third-order valence-corrected chi connectivity index (χ3v) is 4.92. The molecule has 3 atom stereocenters. The lowest BCUT2D eigenvalue weighted by molar-refractivity contribution is -0.139.